The molecule has 0 saturated carbocycles. The first kappa shape index (κ1) is 35.4. The van der Waals surface area contributed by atoms with Crippen LogP contribution in [0.2, 0.25) is 0 Å². The molecule has 0 aromatic heterocycles. The summed E-state index contributed by atoms with van der Waals surface area (Å²) in [7, 11) is 0. The van der Waals surface area contributed by atoms with Gasteiger partial charge in [0.05, 0.1) is 23.4 Å². The van der Waals surface area contributed by atoms with Gasteiger partial charge in [-0.15, -0.1) is 0 Å². The van der Waals surface area contributed by atoms with E-state index in [9.17, 15) is 10.2 Å². The summed E-state index contributed by atoms with van der Waals surface area (Å²) in [6, 6.07) is 0. The van der Waals surface area contributed by atoms with Crippen molar-refractivity contribution in [3.05, 3.63) is 0 Å². The smallest absolute Gasteiger partial charge is 0.126 e. The fraction of sp³-hybridized carbons (Fsp3) is 0.938. The molecule has 0 aliphatic rings. The molecule has 2 N–H and O–H groups in total. The molecule has 0 heterocycles. The molecule has 0 aliphatic heterocycles. The standard InChI is InChI=1S/C32H62O4/c1-11-21-29(9,35-27(13-3)19-23-31(33,15-5)16-6)25-26-30(10,22-12-2)36-28(14-4)20-24-32(34,17-7)18-8/h27-28,33-34H,11-24H2,1-10H3. The molecule has 0 aromatic carbocycles. The lowest BCUT2D eigenvalue weighted by atomic mass is 9.89. The maximum atomic E-state index is 10.8. The van der Waals surface area contributed by atoms with E-state index in [1.807, 2.05) is 0 Å². The van der Waals surface area contributed by atoms with E-state index in [1.54, 1.807) is 0 Å². The molecule has 4 nitrogen and oxygen atoms in total. The van der Waals surface area contributed by atoms with Crippen LogP contribution in [0, 0.1) is 11.8 Å². The van der Waals surface area contributed by atoms with E-state index >= 15 is 0 Å². The van der Waals surface area contributed by atoms with Crippen molar-refractivity contribution in [3.8, 4) is 11.8 Å². The van der Waals surface area contributed by atoms with Gasteiger partial charge in [-0.25, -0.2) is 0 Å². The molecule has 0 radical (unpaired) electrons. The van der Waals surface area contributed by atoms with Gasteiger partial charge < -0.3 is 19.7 Å². The maximum Gasteiger partial charge on any atom is 0.126 e. The predicted molar refractivity (Wildman–Crippen MR) is 154 cm³/mol. The number of hydrogen-bond acceptors (Lipinski definition) is 4. The minimum atomic E-state index is -0.603. The molecule has 0 aliphatic carbocycles. The first-order chi connectivity index (χ1) is 16.8. The highest BCUT2D eigenvalue weighted by Gasteiger charge is 2.32. The van der Waals surface area contributed by atoms with Crippen LogP contribution in [0.15, 0.2) is 0 Å². The second-order valence-electron chi connectivity index (χ2n) is 11.4. The van der Waals surface area contributed by atoms with E-state index in [4.69, 9.17) is 9.47 Å². The van der Waals surface area contributed by atoms with E-state index in [0.717, 1.165) is 89.9 Å². The van der Waals surface area contributed by atoms with Gasteiger partial charge >= 0.3 is 0 Å². The molecule has 4 atom stereocenters. The zero-order valence-electron chi connectivity index (χ0n) is 25.8. The second-order valence-corrected chi connectivity index (χ2v) is 11.4. The van der Waals surface area contributed by atoms with Crippen molar-refractivity contribution in [2.45, 2.75) is 194 Å². The van der Waals surface area contributed by atoms with Crippen molar-refractivity contribution in [2.24, 2.45) is 0 Å². The van der Waals surface area contributed by atoms with E-state index in [0.29, 0.717) is 0 Å². The van der Waals surface area contributed by atoms with Crippen LogP contribution in [0.5, 0.6) is 0 Å². The summed E-state index contributed by atoms with van der Waals surface area (Å²) in [6.07, 6.45) is 11.9. The van der Waals surface area contributed by atoms with Crippen LogP contribution < -0.4 is 0 Å². The highest BCUT2D eigenvalue weighted by Crippen LogP contribution is 2.30. The van der Waals surface area contributed by atoms with Gasteiger partial charge in [-0.3, -0.25) is 0 Å². The molecular weight excluding hydrogens is 448 g/mol. The van der Waals surface area contributed by atoms with Gasteiger partial charge in [0.25, 0.3) is 0 Å². The topological polar surface area (TPSA) is 58.9 Å². The predicted octanol–water partition coefficient (Wildman–Crippen LogP) is 8.36. The molecule has 0 spiro atoms. The lowest BCUT2D eigenvalue weighted by molar-refractivity contribution is -0.0750. The largest absolute Gasteiger partial charge is 0.390 e. The Balaban J connectivity index is 5.67. The summed E-state index contributed by atoms with van der Waals surface area (Å²) < 4.78 is 13.3. The molecule has 0 rings (SSSR count). The van der Waals surface area contributed by atoms with Crippen molar-refractivity contribution < 1.29 is 19.7 Å². The fourth-order valence-corrected chi connectivity index (χ4v) is 5.02. The molecule has 4 heteroatoms. The third kappa shape index (κ3) is 12.8. The number of ether oxygens (including phenoxy) is 2. The average Bonchev–Trinajstić information content (AvgIpc) is 2.87. The van der Waals surface area contributed by atoms with Crippen LogP contribution in [0.1, 0.15) is 159 Å². The monoisotopic (exact) mass is 510 g/mol. The van der Waals surface area contributed by atoms with Gasteiger partial charge in [-0.05, 0) is 90.9 Å². The molecule has 214 valence electrons. The summed E-state index contributed by atoms with van der Waals surface area (Å²) in [5.41, 5.74) is -2.30. The lowest BCUT2D eigenvalue weighted by Crippen LogP contribution is -2.37. The van der Waals surface area contributed by atoms with E-state index < -0.39 is 22.4 Å². The van der Waals surface area contributed by atoms with Crippen LogP contribution in [0.4, 0.5) is 0 Å². The molecule has 0 aromatic rings. The van der Waals surface area contributed by atoms with Crippen molar-refractivity contribution in [2.75, 3.05) is 0 Å². The summed E-state index contributed by atoms with van der Waals surface area (Å²) in [5, 5.41) is 21.5. The minimum absolute atomic E-state index is 0.0722. The average molecular weight is 511 g/mol. The Labute approximate surface area is 225 Å². The SMILES string of the molecule is CCCC(C)(C#CC(C)(CCC)OC(CC)CCC(O)(CC)CC)OC(CC)CCC(O)(CC)CC. The van der Waals surface area contributed by atoms with Gasteiger partial charge in [0.15, 0.2) is 0 Å². The molecule has 4 unspecified atom stereocenters. The van der Waals surface area contributed by atoms with E-state index in [2.05, 4.69) is 81.1 Å². The first-order valence-electron chi connectivity index (χ1n) is 15.2. The third-order valence-corrected chi connectivity index (χ3v) is 8.31. The summed E-state index contributed by atoms with van der Waals surface area (Å²) in [6.45, 7) is 21.1. The van der Waals surface area contributed by atoms with Gasteiger partial charge in [0, 0.05) is 0 Å². The highest BCUT2D eigenvalue weighted by atomic mass is 16.5. The van der Waals surface area contributed by atoms with Gasteiger partial charge in [-0.2, -0.15) is 0 Å². The number of aliphatic hydroxyl groups is 2. The lowest BCUT2D eigenvalue weighted by Gasteiger charge is -2.34. The van der Waals surface area contributed by atoms with Crippen molar-refractivity contribution in [1.29, 1.82) is 0 Å². The van der Waals surface area contributed by atoms with Crippen LogP contribution in [-0.4, -0.2) is 44.8 Å². The molecular formula is C32H62O4. The Kier molecular flexibility index (Phi) is 16.8. The molecule has 36 heavy (non-hydrogen) atoms. The molecule has 0 fully saturated rings. The second kappa shape index (κ2) is 17.1. The Morgan fingerprint density at radius 1 is 0.556 bits per heavy atom. The molecule has 0 amide bonds. The van der Waals surface area contributed by atoms with Crippen LogP contribution in [0.25, 0.3) is 0 Å². The Morgan fingerprint density at radius 3 is 1.08 bits per heavy atom. The van der Waals surface area contributed by atoms with Crippen molar-refractivity contribution in [1.82, 2.24) is 0 Å². The minimum Gasteiger partial charge on any atom is -0.390 e. The zero-order chi connectivity index (χ0) is 27.9. The van der Waals surface area contributed by atoms with Crippen molar-refractivity contribution >= 4 is 0 Å². The number of rotatable bonds is 20. The van der Waals surface area contributed by atoms with Crippen LogP contribution >= 0.6 is 0 Å². The molecule has 0 saturated heterocycles. The fourth-order valence-electron chi connectivity index (χ4n) is 5.02. The Hall–Kier alpha value is -0.600. The summed E-state index contributed by atoms with van der Waals surface area (Å²) >= 11 is 0. The van der Waals surface area contributed by atoms with Crippen molar-refractivity contribution in [3.63, 3.8) is 0 Å². The van der Waals surface area contributed by atoms with E-state index in [1.165, 1.54) is 0 Å². The summed E-state index contributed by atoms with van der Waals surface area (Å²) in [5.74, 6) is 7.05. The third-order valence-electron chi connectivity index (χ3n) is 8.31. The van der Waals surface area contributed by atoms with Gasteiger partial charge in [0.1, 0.15) is 11.2 Å². The van der Waals surface area contributed by atoms with Crippen LogP contribution in [0.3, 0.4) is 0 Å². The Morgan fingerprint density at radius 2 is 0.861 bits per heavy atom. The van der Waals surface area contributed by atoms with Gasteiger partial charge in [-0.1, -0.05) is 80.1 Å². The number of hydrogen-bond donors (Lipinski definition) is 2. The highest BCUT2D eigenvalue weighted by molar-refractivity contribution is 5.21. The van der Waals surface area contributed by atoms with Crippen LogP contribution in [-0.2, 0) is 9.47 Å². The zero-order valence-corrected chi connectivity index (χ0v) is 25.8. The molecule has 0 bridgehead atoms. The Bertz CT molecular complexity index is 576. The van der Waals surface area contributed by atoms with Gasteiger partial charge in [0.2, 0.25) is 0 Å². The normalized spacial score (nSPS) is 17.6. The summed E-state index contributed by atoms with van der Waals surface area (Å²) in [4.78, 5) is 0. The van der Waals surface area contributed by atoms with E-state index in [-0.39, 0.29) is 12.2 Å². The maximum absolute atomic E-state index is 10.8. The first-order valence-corrected chi connectivity index (χ1v) is 15.2. The quantitative estimate of drug-likeness (QED) is 0.162.